The average Bonchev–Trinajstić information content (AvgIpc) is 2.47. The van der Waals surface area contributed by atoms with Gasteiger partial charge in [-0.25, -0.2) is 0 Å². The van der Waals surface area contributed by atoms with Crippen LogP contribution in [-0.4, -0.2) is 5.75 Å². The molecule has 0 bridgehead atoms. The van der Waals surface area contributed by atoms with Crippen LogP contribution in [0, 0.1) is 11.3 Å². The summed E-state index contributed by atoms with van der Waals surface area (Å²) in [7, 11) is 0. The van der Waals surface area contributed by atoms with Crippen LogP contribution in [0.15, 0.2) is 53.4 Å². The summed E-state index contributed by atoms with van der Waals surface area (Å²) in [6.45, 7) is 0. The summed E-state index contributed by atoms with van der Waals surface area (Å²) >= 11 is 7.83. The number of anilines is 1. The van der Waals surface area contributed by atoms with Crippen LogP contribution in [0.25, 0.3) is 0 Å². The summed E-state index contributed by atoms with van der Waals surface area (Å²) in [6, 6.07) is 18.1. The largest absolute Gasteiger partial charge is 0.364 e. The second kappa shape index (κ2) is 5.40. The summed E-state index contributed by atoms with van der Waals surface area (Å²) < 4.78 is 0. The first kappa shape index (κ1) is 13.4. The smallest absolute Gasteiger partial charge is 0.152 e. The molecule has 2 aromatic carbocycles. The van der Waals surface area contributed by atoms with E-state index in [9.17, 15) is 5.26 Å². The molecule has 0 aromatic heterocycles. The van der Waals surface area contributed by atoms with Gasteiger partial charge in [-0.05, 0) is 30.7 Å². The molecule has 2 nitrogen and oxygen atoms in total. The van der Waals surface area contributed by atoms with Crippen molar-refractivity contribution in [3.05, 3.63) is 59.1 Å². The van der Waals surface area contributed by atoms with Gasteiger partial charge < -0.3 is 5.32 Å². The van der Waals surface area contributed by atoms with E-state index in [0.29, 0.717) is 5.02 Å². The number of hydrogen-bond acceptors (Lipinski definition) is 3. The lowest BCUT2D eigenvalue weighted by Crippen LogP contribution is -2.37. The molecule has 1 unspecified atom stereocenters. The van der Waals surface area contributed by atoms with Gasteiger partial charge in [0.05, 0.1) is 6.07 Å². The first-order valence-corrected chi connectivity index (χ1v) is 7.77. The van der Waals surface area contributed by atoms with Crippen molar-refractivity contribution in [3.8, 4) is 6.07 Å². The quantitative estimate of drug-likeness (QED) is 0.875. The first-order valence-electron chi connectivity index (χ1n) is 6.41. The highest BCUT2D eigenvalue weighted by molar-refractivity contribution is 7.99. The maximum atomic E-state index is 9.76. The minimum absolute atomic E-state index is 0.668. The zero-order chi connectivity index (χ0) is 14.0. The van der Waals surface area contributed by atoms with Gasteiger partial charge >= 0.3 is 0 Å². The lowest BCUT2D eigenvalue weighted by atomic mass is 9.87. The molecule has 0 fully saturated rings. The van der Waals surface area contributed by atoms with Crippen molar-refractivity contribution < 1.29 is 0 Å². The molecule has 3 rings (SSSR count). The molecule has 0 spiro atoms. The topological polar surface area (TPSA) is 35.8 Å². The van der Waals surface area contributed by atoms with Crippen LogP contribution in [-0.2, 0) is 5.54 Å². The molecule has 100 valence electrons. The van der Waals surface area contributed by atoms with Gasteiger partial charge in [0.25, 0.3) is 0 Å². The van der Waals surface area contributed by atoms with Crippen molar-refractivity contribution >= 4 is 29.1 Å². The fourth-order valence-electron chi connectivity index (χ4n) is 2.48. The van der Waals surface area contributed by atoms with E-state index in [1.54, 1.807) is 11.8 Å². The summed E-state index contributed by atoms with van der Waals surface area (Å²) in [5, 5.41) is 13.8. The fraction of sp³-hybridized carbons (Fsp3) is 0.188. The molecule has 2 aromatic rings. The van der Waals surface area contributed by atoms with Crippen LogP contribution in [0.1, 0.15) is 12.0 Å². The Morgan fingerprint density at radius 3 is 2.85 bits per heavy atom. The number of hydrogen-bond donors (Lipinski definition) is 1. The van der Waals surface area contributed by atoms with Crippen LogP contribution in [0.5, 0.6) is 0 Å². The van der Waals surface area contributed by atoms with E-state index in [1.165, 1.54) is 4.90 Å². The second-order valence-electron chi connectivity index (χ2n) is 4.75. The number of halogens is 1. The van der Waals surface area contributed by atoms with Crippen molar-refractivity contribution in [2.24, 2.45) is 0 Å². The van der Waals surface area contributed by atoms with Gasteiger partial charge in [0.2, 0.25) is 0 Å². The van der Waals surface area contributed by atoms with E-state index >= 15 is 0 Å². The van der Waals surface area contributed by atoms with Crippen LogP contribution in [0.3, 0.4) is 0 Å². The van der Waals surface area contributed by atoms with Crippen molar-refractivity contribution in [1.29, 1.82) is 5.26 Å². The van der Waals surface area contributed by atoms with Gasteiger partial charge in [-0.3, -0.25) is 0 Å². The summed E-state index contributed by atoms with van der Waals surface area (Å²) in [5.41, 5.74) is 1.26. The highest BCUT2D eigenvalue weighted by atomic mass is 35.5. The third-order valence-corrected chi connectivity index (χ3v) is 4.77. The van der Waals surface area contributed by atoms with Crippen LogP contribution in [0.4, 0.5) is 5.69 Å². The molecule has 0 saturated carbocycles. The van der Waals surface area contributed by atoms with Gasteiger partial charge in [0.15, 0.2) is 5.54 Å². The van der Waals surface area contributed by atoms with Gasteiger partial charge in [0.1, 0.15) is 0 Å². The third kappa shape index (κ3) is 2.37. The molecule has 0 amide bonds. The van der Waals surface area contributed by atoms with Gasteiger partial charge in [-0.15, -0.1) is 11.8 Å². The number of rotatable bonds is 2. The normalized spacial score (nSPS) is 20.8. The second-order valence-corrected chi connectivity index (χ2v) is 6.32. The zero-order valence-corrected chi connectivity index (χ0v) is 12.3. The first-order chi connectivity index (χ1) is 9.73. The number of nitriles is 1. The average molecular weight is 301 g/mol. The van der Waals surface area contributed by atoms with Crippen LogP contribution >= 0.6 is 23.4 Å². The van der Waals surface area contributed by atoms with E-state index in [4.69, 9.17) is 11.6 Å². The van der Waals surface area contributed by atoms with E-state index < -0.39 is 5.54 Å². The lowest BCUT2D eigenvalue weighted by molar-refractivity contribution is 0.589. The molecular weight excluding hydrogens is 288 g/mol. The molecule has 0 saturated heterocycles. The Morgan fingerprint density at radius 2 is 2.05 bits per heavy atom. The SMILES string of the molecule is N#CC1(Nc2cccc(Cl)c2)CCSc2ccccc21. The number of thioether (sulfide) groups is 1. The maximum absolute atomic E-state index is 9.76. The standard InChI is InChI=1S/C16H13ClN2S/c17-12-4-3-5-13(10-12)19-16(11-18)8-9-20-15-7-2-1-6-14(15)16/h1-7,10,19H,8-9H2. The van der Waals surface area contributed by atoms with Crippen LogP contribution < -0.4 is 5.32 Å². The lowest BCUT2D eigenvalue weighted by Gasteiger charge is -2.34. The minimum atomic E-state index is -0.674. The van der Waals surface area contributed by atoms with Crippen molar-refractivity contribution in [3.63, 3.8) is 0 Å². The van der Waals surface area contributed by atoms with E-state index in [2.05, 4.69) is 17.5 Å². The summed E-state index contributed by atoms with van der Waals surface area (Å²) in [4.78, 5) is 1.18. The summed E-state index contributed by atoms with van der Waals surface area (Å²) in [6.07, 6.45) is 0.775. The number of benzene rings is 2. The Labute approximate surface area is 127 Å². The molecule has 20 heavy (non-hydrogen) atoms. The monoisotopic (exact) mass is 300 g/mol. The van der Waals surface area contributed by atoms with Crippen LogP contribution in [0.2, 0.25) is 5.02 Å². The van der Waals surface area contributed by atoms with Crippen molar-refractivity contribution in [2.75, 3.05) is 11.1 Å². The highest BCUT2D eigenvalue weighted by Crippen LogP contribution is 2.42. The fourth-order valence-corrected chi connectivity index (χ4v) is 3.87. The molecule has 1 aliphatic rings. The maximum Gasteiger partial charge on any atom is 0.152 e. The Bertz CT molecular complexity index is 680. The third-order valence-electron chi connectivity index (χ3n) is 3.45. The van der Waals surface area contributed by atoms with Gasteiger partial charge in [-0.1, -0.05) is 35.9 Å². The molecule has 1 N–H and O–H groups in total. The molecule has 1 aliphatic heterocycles. The van der Waals surface area contributed by atoms with E-state index in [-0.39, 0.29) is 0 Å². The van der Waals surface area contributed by atoms with Gasteiger partial charge in [0, 0.05) is 26.9 Å². The zero-order valence-electron chi connectivity index (χ0n) is 10.8. The minimum Gasteiger partial charge on any atom is -0.364 e. The molecule has 1 heterocycles. The number of nitrogens with one attached hydrogen (secondary N) is 1. The molecule has 4 heteroatoms. The highest BCUT2D eigenvalue weighted by Gasteiger charge is 2.37. The van der Waals surface area contributed by atoms with E-state index in [0.717, 1.165) is 23.4 Å². The Kier molecular flexibility index (Phi) is 3.60. The molecular formula is C16H13ClN2S. The predicted molar refractivity (Wildman–Crippen MR) is 84.1 cm³/mol. The van der Waals surface area contributed by atoms with Gasteiger partial charge in [-0.2, -0.15) is 5.26 Å². The Hall–Kier alpha value is -1.63. The number of fused-ring (bicyclic) bond motifs is 1. The molecule has 0 aliphatic carbocycles. The predicted octanol–water partition coefficient (Wildman–Crippen LogP) is 4.67. The van der Waals surface area contributed by atoms with E-state index in [1.807, 2.05) is 42.5 Å². The molecule has 0 radical (unpaired) electrons. The summed E-state index contributed by atoms with van der Waals surface area (Å²) in [5.74, 6) is 0.929. The Morgan fingerprint density at radius 1 is 1.20 bits per heavy atom. The number of nitrogens with zero attached hydrogens (tertiary/aromatic N) is 1. The molecule has 1 atom stereocenters. The van der Waals surface area contributed by atoms with Crippen molar-refractivity contribution in [2.45, 2.75) is 16.9 Å². The van der Waals surface area contributed by atoms with Crippen molar-refractivity contribution in [1.82, 2.24) is 0 Å². The Balaban J connectivity index is 2.03.